The van der Waals surface area contributed by atoms with Crippen LogP contribution in [0.2, 0.25) is 0 Å². The molecule has 8 nitrogen and oxygen atoms in total. The Morgan fingerprint density at radius 1 is 1.10 bits per heavy atom. The summed E-state index contributed by atoms with van der Waals surface area (Å²) in [5.41, 5.74) is 9.58. The second kappa shape index (κ2) is 7.21. The van der Waals surface area contributed by atoms with Gasteiger partial charge < -0.3 is 10.6 Å². The molecule has 0 saturated carbocycles. The molecule has 1 aliphatic rings. The zero-order valence-electron chi connectivity index (χ0n) is 16.0. The maximum Gasteiger partial charge on any atom is 0.167 e. The van der Waals surface area contributed by atoms with Crippen LogP contribution in [0.25, 0.3) is 27.7 Å². The van der Waals surface area contributed by atoms with Crippen LogP contribution in [-0.4, -0.2) is 52.6 Å². The van der Waals surface area contributed by atoms with Crippen LogP contribution in [0.4, 0.5) is 11.6 Å². The number of fused-ring (bicyclic) bond motifs is 2. The SMILES string of the molecule is Nc1c(Br)c(N2CCCS(=O)(=O)CC2)nc2c(-c3cnc4ccccc4c3)cnn12. The minimum atomic E-state index is -3.03. The van der Waals surface area contributed by atoms with Gasteiger partial charge in [0.15, 0.2) is 15.5 Å². The summed E-state index contributed by atoms with van der Waals surface area (Å²) in [4.78, 5) is 11.4. The summed E-state index contributed by atoms with van der Waals surface area (Å²) in [5.74, 6) is 1.35. The molecule has 0 atom stereocenters. The number of aromatic nitrogens is 4. The monoisotopic (exact) mass is 486 g/mol. The Morgan fingerprint density at radius 2 is 1.93 bits per heavy atom. The van der Waals surface area contributed by atoms with Crippen molar-refractivity contribution in [1.82, 2.24) is 19.6 Å². The highest BCUT2D eigenvalue weighted by atomic mass is 79.9. The molecule has 0 unspecified atom stereocenters. The topological polar surface area (TPSA) is 106 Å². The van der Waals surface area contributed by atoms with Crippen molar-refractivity contribution in [1.29, 1.82) is 0 Å². The zero-order chi connectivity index (χ0) is 20.9. The molecule has 30 heavy (non-hydrogen) atoms. The number of para-hydroxylation sites is 1. The number of pyridine rings is 1. The highest BCUT2D eigenvalue weighted by Crippen LogP contribution is 2.35. The number of anilines is 2. The van der Waals surface area contributed by atoms with Crippen molar-refractivity contribution >= 4 is 54.0 Å². The van der Waals surface area contributed by atoms with E-state index in [0.29, 0.717) is 41.3 Å². The van der Waals surface area contributed by atoms with Crippen LogP contribution >= 0.6 is 15.9 Å². The lowest BCUT2D eigenvalue weighted by atomic mass is 10.1. The fourth-order valence-electron chi connectivity index (χ4n) is 3.76. The van der Waals surface area contributed by atoms with Gasteiger partial charge in [0.2, 0.25) is 0 Å². The quantitative estimate of drug-likeness (QED) is 0.464. The molecule has 0 radical (unpaired) electrons. The number of nitrogen functional groups attached to an aromatic ring is 1. The van der Waals surface area contributed by atoms with Crippen LogP contribution in [0.15, 0.2) is 47.2 Å². The smallest absolute Gasteiger partial charge is 0.167 e. The van der Waals surface area contributed by atoms with E-state index in [2.05, 4.69) is 32.1 Å². The first-order valence-corrected chi connectivity index (χ1v) is 12.2. The minimum absolute atomic E-state index is 0.104. The van der Waals surface area contributed by atoms with E-state index in [1.165, 1.54) is 0 Å². The van der Waals surface area contributed by atoms with Gasteiger partial charge in [0.1, 0.15) is 16.1 Å². The molecule has 4 heterocycles. The van der Waals surface area contributed by atoms with Gasteiger partial charge in [0.25, 0.3) is 0 Å². The Bertz CT molecular complexity index is 1390. The van der Waals surface area contributed by atoms with E-state index in [-0.39, 0.29) is 11.5 Å². The summed E-state index contributed by atoms with van der Waals surface area (Å²) in [6.45, 7) is 0.978. The Labute approximate surface area is 181 Å². The molecule has 2 N–H and O–H groups in total. The molecule has 0 aliphatic carbocycles. The van der Waals surface area contributed by atoms with Crippen molar-refractivity contribution in [2.75, 3.05) is 35.2 Å². The third-order valence-corrected chi connectivity index (χ3v) is 7.84. The molecule has 4 aromatic rings. The van der Waals surface area contributed by atoms with Crippen molar-refractivity contribution in [3.8, 4) is 11.1 Å². The second-order valence-electron chi connectivity index (χ2n) is 7.34. The third-order valence-electron chi connectivity index (χ3n) is 5.36. The molecule has 0 amide bonds. The third kappa shape index (κ3) is 3.29. The van der Waals surface area contributed by atoms with Gasteiger partial charge in [-0.05, 0) is 34.5 Å². The minimum Gasteiger partial charge on any atom is -0.383 e. The summed E-state index contributed by atoms with van der Waals surface area (Å²) >= 11 is 3.54. The first kappa shape index (κ1) is 19.3. The molecular formula is C20H19BrN6O2S. The average molecular weight is 487 g/mol. The summed E-state index contributed by atoms with van der Waals surface area (Å²) in [6.07, 6.45) is 4.09. The molecule has 3 aromatic heterocycles. The largest absolute Gasteiger partial charge is 0.383 e. The molecule has 0 bridgehead atoms. The Kier molecular flexibility index (Phi) is 4.62. The van der Waals surface area contributed by atoms with Crippen LogP contribution in [0, 0.1) is 0 Å². The van der Waals surface area contributed by atoms with Crippen LogP contribution in [0.5, 0.6) is 0 Å². The lowest BCUT2D eigenvalue weighted by Gasteiger charge is -2.23. The molecule has 1 aliphatic heterocycles. The predicted octanol–water partition coefficient (Wildman–Crippen LogP) is 2.91. The number of sulfone groups is 1. The molecule has 1 aromatic carbocycles. The molecule has 10 heteroatoms. The zero-order valence-corrected chi connectivity index (χ0v) is 18.4. The number of nitrogens with zero attached hydrogens (tertiary/aromatic N) is 5. The van der Waals surface area contributed by atoms with Crippen molar-refractivity contribution in [2.45, 2.75) is 6.42 Å². The predicted molar refractivity (Wildman–Crippen MR) is 121 cm³/mol. The van der Waals surface area contributed by atoms with E-state index < -0.39 is 9.84 Å². The summed E-state index contributed by atoms with van der Waals surface area (Å²) in [5, 5.41) is 5.45. The first-order valence-electron chi connectivity index (χ1n) is 9.56. The van der Waals surface area contributed by atoms with Crippen LogP contribution in [0.3, 0.4) is 0 Å². The summed E-state index contributed by atoms with van der Waals surface area (Å²) in [7, 11) is -3.03. The number of rotatable bonds is 2. The van der Waals surface area contributed by atoms with Crippen LogP contribution in [-0.2, 0) is 9.84 Å². The lowest BCUT2D eigenvalue weighted by Crippen LogP contribution is -2.28. The van der Waals surface area contributed by atoms with E-state index in [1.54, 1.807) is 16.9 Å². The van der Waals surface area contributed by atoms with E-state index in [1.807, 2.05) is 29.2 Å². The molecule has 0 spiro atoms. The summed E-state index contributed by atoms with van der Waals surface area (Å²) in [6, 6.07) is 9.96. The van der Waals surface area contributed by atoms with Gasteiger partial charge in [-0.25, -0.2) is 13.4 Å². The van der Waals surface area contributed by atoms with Crippen molar-refractivity contribution in [2.24, 2.45) is 0 Å². The van der Waals surface area contributed by atoms with Crippen LogP contribution < -0.4 is 10.6 Å². The Balaban J connectivity index is 1.64. The maximum atomic E-state index is 12.0. The molecule has 1 saturated heterocycles. The Hall–Kier alpha value is -2.72. The number of nitrogens with two attached hydrogens (primary N) is 1. The molecule has 5 rings (SSSR count). The van der Waals surface area contributed by atoms with E-state index in [9.17, 15) is 8.42 Å². The standard InChI is InChI=1S/C20H19BrN6O2S/c21-17-18(22)27-19(25-20(17)26-6-3-8-30(28,29)9-7-26)15(12-24-27)14-10-13-4-1-2-5-16(13)23-11-14/h1-2,4-5,10-12H,3,6-9,22H2. The van der Waals surface area contributed by atoms with Gasteiger partial charge in [0.05, 0.1) is 23.2 Å². The number of hydrogen-bond acceptors (Lipinski definition) is 7. The van der Waals surface area contributed by atoms with Crippen molar-refractivity contribution < 1.29 is 8.42 Å². The molecular weight excluding hydrogens is 468 g/mol. The fraction of sp³-hybridized carbons (Fsp3) is 0.250. The van der Waals surface area contributed by atoms with Gasteiger partial charge in [-0.3, -0.25) is 4.98 Å². The van der Waals surface area contributed by atoms with E-state index in [0.717, 1.165) is 22.0 Å². The van der Waals surface area contributed by atoms with Crippen LogP contribution in [0.1, 0.15) is 6.42 Å². The highest BCUT2D eigenvalue weighted by molar-refractivity contribution is 9.10. The second-order valence-corrected chi connectivity index (χ2v) is 10.4. The van der Waals surface area contributed by atoms with Gasteiger partial charge in [-0.2, -0.15) is 9.61 Å². The van der Waals surface area contributed by atoms with Gasteiger partial charge in [-0.1, -0.05) is 18.2 Å². The lowest BCUT2D eigenvalue weighted by molar-refractivity contribution is 0.597. The number of benzene rings is 1. The molecule has 1 fully saturated rings. The van der Waals surface area contributed by atoms with Gasteiger partial charge in [0, 0.05) is 35.8 Å². The average Bonchev–Trinajstić information content (AvgIpc) is 3.08. The number of hydrogen-bond donors (Lipinski definition) is 1. The fourth-order valence-corrected chi connectivity index (χ4v) is 5.54. The highest BCUT2D eigenvalue weighted by Gasteiger charge is 2.24. The van der Waals surface area contributed by atoms with Gasteiger partial charge >= 0.3 is 0 Å². The Morgan fingerprint density at radius 3 is 2.80 bits per heavy atom. The number of halogens is 1. The van der Waals surface area contributed by atoms with Gasteiger partial charge in [-0.15, -0.1) is 0 Å². The molecule has 154 valence electrons. The summed E-state index contributed by atoms with van der Waals surface area (Å²) < 4.78 is 26.2. The first-order chi connectivity index (χ1) is 14.4. The van der Waals surface area contributed by atoms with Crippen molar-refractivity contribution in [3.05, 3.63) is 47.2 Å². The normalized spacial score (nSPS) is 16.8. The van der Waals surface area contributed by atoms with E-state index in [4.69, 9.17) is 10.7 Å². The van der Waals surface area contributed by atoms with E-state index >= 15 is 0 Å². The maximum absolute atomic E-state index is 12.0. The van der Waals surface area contributed by atoms with Crippen molar-refractivity contribution in [3.63, 3.8) is 0 Å².